The van der Waals surface area contributed by atoms with Gasteiger partial charge in [0, 0.05) is 31.2 Å². The zero-order chi connectivity index (χ0) is 25.3. The number of hydrogen-bond donors (Lipinski definition) is 0. The Labute approximate surface area is 205 Å². The number of methoxy groups -OCH3 is 1. The average molecular weight is 491 g/mol. The fraction of sp³-hybridized carbons (Fsp3) is 0.333. The van der Waals surface area contributed by atoms with Crippen LogP contribution in [0.3, 0.4) is 0 Å². The molecular formula is C24H31ClN4O5. The van der Waals surface area contributed by atoms with Crippen molar-refractivity contribution in [2.45, 2.75) is 13.5 Å². The molecule has 34 heavy (non-hydrogen) atoms. The Bertz CT molecular complexity index is 945. The van der Waals surface area contributed by atoms with E-state index in [1.54, 1.807) is 19.2 Å². The van der Waals surface area contributed by atoms with Gasteiger partial charge in [0.05, 0.1) is 7.11 Å². The summed E-state index contributed by atoms with van der Waals surface area (Å²) in [6.07, 6.45) is 0. The molecule has 2 aromatic carbocycles. The minimum Gasteiger partial charge on any atom is -0.497 e. The van der Waals surface area contributed by atoms with Crippen molar-refractivity contribution in [1.29, 1.82) is 0 Å². The number of aromatic nitrogens is 2. The summed E-state index contributed by atoms with van der Waals surface area (Å²) < 4.78 is 15.9. The van der Waals surface area contributed by atoms with Gasteiger partial charge in [-0.2, -0.15) is 4.98 Å². The van der Waals surface area contributed by atoms with E-state index < -0.39 is 0 Å². The van der Waals surface area contributed by atoms with E-state index in [1.807, 2.05) is 50.0 Å². The number of halogens is 1. The summed E-state index contributed by atoms with van der Waals surface area (Å²) in [6.45, 7) is 10.1. The maximum atomic E-state index is 8.00. The van der Waals surface area contributed by atoms with Gasteiger partial charge in [0.2, 0.25) is 5.82 Å². The Kier molecular flexibility index (Phi) is 13.6. The van der Waals surface area contributed by atoms with E-state index in [0.29, 0.717) is 22.6 Å². The van der Waals surface area contributed by atoms with Crippen molar-refractivity contribution in [1.82, 2.24) is 15.0 Å². The van der Waals surface area contributed by atoms with Crippen molar-refractivity contribution >= 4 is 31.2 Å². The number of piperazine rings is 1. The minimum atomic E-state index is 0.261. The SMILES string of the molecule is C=O.C=O.CN1CCN(c2nc(COc3cccc(Cl)c3)no2)CC1.COc1ccc(C)cc1. The number of nitrogens with zero attached hydrogens (tertiary/aromatic N) is 4. The van der Waals surface area contributed by atoms with Gasteiger partial charge in [-0.1, -0.05) is 40.5 Å². The highest BCUT2D eigenvalue weighted by molar-refractivity contribution is 6.30. The highest BCUT2D eigenvalue weighted by atomic mass is 35.5. The molecule has 0 amide bonds. The number of ether oxygens (including phenoxy) is 2. The molecular weight excluding hydrogens is 460 g/mol. The molecule has 3 aromatic rings. The predicted molar refractivity (Wildman–Crippen MR) is 132 cm³/mol. The molecule has 0 spiro atoms. The van der Waals surface area contributed by atoms with Gasteiger partial charge in [-0.15, -0.1) is 0 Å². The lowest BCUT2D eigenvalue weighted by atomic mass is 10.2. The molecule has 0 radical (unpaired) electrons. The quantitative estimate of drug-likeness (QED) is 0.530. The summed E-state index contributed by atoms with van der Waals surface area (Å²) >= 11 is 5.90. The Morgan fingerprint density at radius 2 is 1.65 bits per heavy atom. The van der Waals surface area contributed by atoms with Crippen LogP contribution in [0.15, 0.2) is 53.1 Å². The van der Waals surface area contributed by atoms with Crippen LogP contribution in [0.5, 0.6) is 11.5 Å². The number of carbonyl (C=O) groups excluding carboxylic acids is 2. The van der Waals surface area contributed by atoms with Crippen LogP contribution in [-0.2, 0) is 16.2 Å². The van der Waals surface area contributed by atoms with E-state index in [0.717, 1.165) is 31.9 Å². The van der Waals surface area contributed by atoms with Crippen molar-refractivity contribution < 1.29 is 23.6 Å². The second-order valence-corrected chi connectivity index (χ2v) is 7.48. The van der Waals surface area contributed by atoms with Crippen LogP contribution in [0, 0.1) is 6.92 Å². The molecule has 1 aliphatic rings. The molecule has 184 valence electrons. The molecule has 4 rings (SSSR count). The minimum absolute atomic E-state index is 0.261. The second-order valence-electron chi connectivity index (χ2n) is 7.05. The highest BCUT2D eigenvalue weighted by Crippen LogP contribution is 2.19. The van der Waals surface area contributed by atoms with Crippen molar-refractivity contribution in [2.24, 2.45) is 0 Å². The van der Waals surface area contributed by atoms with Gasteiger partial charge in [-0.3, -0.25) is 0 Å². The smallest absolute Gasteiger partial charge is 0.324 e. The van der Waals surface area contributed by atoms with Gasteiger partial charge in [-0.05, 0) is 44.3 Å². The van der Waals surface area contributed by atoms with Gasteiger partial charge in [0.1, 0.15) is 25.1 Å². The molecule has 0 N–H and O–H groups in total. The van der Waals surface area contributed by atoms with Crippen LogP contribution in [-0.4, -0.2) is 69.0 Å². The average Bonchev–Trinajstić information content (AvgIpc) is 3.36. The Hall–Kier alpha value is -3.43. The molecule has 9 nitrogen and oxygen atoms in total. The number of rotatable bonds is 5. The third-order valence-electron chi connectivity index (χ3n) is 4.65. The molecule has 1 fully saturated rings. The zero-order valence-electron chi connectivity index (χ0n) is 19.8. The first-order chi connectivity index (χ1) is 16.5. The molecule has 1 saturated heterocycles. The second kappa shape index (κ2) is 16.2. The number of aryl methyl sites for hydroxylation is 1. The Morgan fingerprint density at radius 3 is 2.24 bits per heavy atom. The summed E-state index contributed by atoms with van der Waals surface area (Å²) in [5.74, 6) is 2.14. The van der Waals surface area contributed by atoms with Crippen LogP contribution in [0.2, 0.25) is 5.02 Å². The molecule has 1 aromatic heterocycles. The fourth-order valence-corrected chi connectivity index (χ4v) is 2.99. The summed E-state index contributed by atoms with van der Waals surface area (Å²) in [5.41, 5.74) is 1.26. The summed E-state index contributed by atoms with van der Waals surface area (Å²) in [6, 6.07) is 15.8. The summed E-state index contributed by atoms with van der Waals surface area (Å²) in [5, 5.41) is 4.59. The van der Waals surface area contributed by atoms with Gasteiger partial charge in [0.25, 0.3) is 0 Å². The van der Waals surface area contributed by atoms with Crippen LogP contribution in [0.25, 0.3) is 0 Å². The van der Waals surface area contributed by atoms with Crippen molar-refractivity contribution in [3.63, 3.8) is 0 Å². The lowest BCUT2D eigenvalue weighted by Crippen LogP contribution is -2.44. The van der Waals surface area contributed by atoms with Gasteiger partial charge < -0.3 is 33.4 Å². The third-order valence-corrected chi connectivity index (χ3v) is 4.89. The van der Waals surface area contributed by atoms with Gasteiger partial charge in [-0.25, -0.2) is 0 Å². The maximum absolute atomic E-state index is 8.00. The van der Waals surface area contributed by atoms with E-state index in [2.05, 4.69) is 33.9 Å². The molecule has 0 saturated carbocycles. The Morgan fingerprint density at radius 1 is 1.00 bits per heavy atom. The molecule has 2 heterocycles. The lowest BCUT2D eigenvalue weighted by molar-refractivity contribution is -0.0987. The van der Waals surface area contributed by atoms with Crippen molar-refractivity contribution in [3.05, 3.63) is 64.9 Å². The van der Waals surface area contributed by atoms with Crippen molar-refractivity contribution in [2.75, 3.05) is 45.2 Å². The van der Waals surface area contributed by atoms with Gasteiger partial charge >= 0.3 is 6.01 Å². The molecule has 0 bridgehead atoms. The number of benzene rings is 2. The van der Waals surface area contributed by atoms with E-state index in [-0.39, 0.29) is 6.61 Å². The standard InChI is InChI=1S/C14H17ClN4O2.C8H10O.2CH2O/c1-18-5-7-19(8-6-18)14-16-13(17-21-14)10-20-12-4-2-3-11(15)9-12;1-7-3-5-8(9-2)6-4-7;2*1-2/h2-4,9H,5-8,10H2,1H3;3-6H,1-2H3;2*1H2. The van der Waals surface area contributed by atoms with E-state index in [9.17, 15) is 0 Å². The van der Waals surface area contributed by atoms with E-state index >= 15 is 0 Å². The number of likely N-dealkylation sites (N-methyl/N-ethyl adjacent to an activating group) is 1. The summed E-state index contributed by atoms with van der Waals surface area (Å²) in [7, 11) is 3.78. The van der Waals surface area contributed by atoms with E-state index in [4.69, 9.17) is 35.2 Å². The molecule has 10 heteroatoms. The van der Waals surface area contributed by atoms with Crippen LogP contribution >= 0.6 is 11.6 Å². The first-order valence-electron chi connectivity index (χ1n) is 10.4. The van der Waals surface area contributed by atoms with Crippen molar-refractivity contribution in [3.8, 4) is 11.5 Å². The highest BCUT2D eigenvalue weighted by Gasteiger charge is 2.19. The molecule has 0 unspecified atom stereocenters. The molecule has 0 aliphatic carbocycles. The monoisotopic (exact) mass is 490 g/mol. The Balaban J connectivity index is 0.000000373. The largest absolute Gasteiger partial charge is 0.497 e. The molecule has 1 aliphatic heterocycles. The number of carbonyl (C=O) groups is 2. The van der Waals surface area contributed by atoms with Gasteiger partial charge in [0.15, 0.2) is 6.61 Å². The maximum Gasteiger partial charge on any atom is 0.324 e. The first-order valence-corrected chi connectivity index (χ1v) is 10.7. The first kappa shape index (κ1) is 28.6. The molecule has 0 atom stereocenters. The van der Waals surface area contributed by atoms with E-state index in [1.165, 1.54) is 5.56 Å². The third kappa shape index (κ3) is 10.0. The number of anilines is 1. The number of hydrogen-bond acceptors (Lipinski definition) is 9. The fourth-order valence-electron chi connectivity index (χ4n) is 2.81. The normalized spacial score (nSPS) is 12.6. The van der Waals surface area contributed by atoms with Crippen LogP contribution in [0.4, 0.5) is 6.01 Å². The van der Waals surface area contributed by atoms with Crippen LogP contribution in [0.1, 0.15) is 11.4 Å². The van der Waals surface area contributed by atoms with Crippen LogP contribution < -0.4 is 14.4 Å². The zero-order valence-corrected chi connectivity index (χ0v) is 20.5. The predicted octanol–water partition coefficient (Wildman–Crippen LogP) is 3.69. The summed E-state index contributed by atoms with van der Waals surface area (Å²) in [4.78, 5) is 24.7. The lowest BCUT2D eigenvalue weighted by Gasteiger charge is -2.30. The topological polar surface area (TPSA) is 98.0 Å².